The van der Waals surface area contributed by atoms with Crippen LogP contribution in [-0.2, 0) is 9.53 Å². The standard InChI is InChI=1S/C30H35N3O5/c1-20-12-15-22(16-13-20)32-29(36)38-28(21-14-17-26(37-4)25(34)19-21)30(2,3)18-8-7-11-27(35)33-24-10-6-5-9-23(24)31/h5-7,9-17,19,28,34H,8,18,31H2,1-4H3,(H,32,36)(H,33,35)/b11-7+/t28-/m1/s1. The molecule has 0 spiro atoms. The summed E-state index contributed by atoms with van der Waals surface area (Å²) in [6, 6.07) is 19.4. The van der Waals surface area contributed by atoms with Crippen LogP contribution in [0, 0.1) is 12.3 Å². The minimum absolute atomic E-state index is 0.0508. The number of benzene rings is 3. The molecule has 0 unspecified atom stereocenters. The fraction of sp³-hybridized carbons (Fsp3) is 0.267. The summed E-state index contributed by atoms with van der Waals surface area (Å²) in [5, 5.41) is 15.9. The molecule has 2 amide bonds. The number of hydrogen-bond donors (Lipinski definition) is 4. The van der Waals surface area contributed by atoms with Crippen molar-refractivity contribution < 1.29 is 24.2 Å². The zero-order valence-electron chi connectivity index (χ0n) is 22.2. The van der Waals surface area contributed by atoms with Crippen molar-refractivity contribution in [2.24, 2.45) is 5.41 Å². The SMILES string of the molecule is COc1ccc([C@@H](OC(=O)Nc2ccc(C)cc2)C(C)(C)CC/C=C/C(=O)Nc2ccccc2N)cc1O. The van der Waals surface area contributed by atoms with E-state index < -0.39 is 17.6 Å². The van der Waals surface area contributed by atoms with Crippen LogP contribution in [0.15, 0.2) is 78.9 Å². The van der Waals surface area contributed by atoms with Gasteiger partial charge in [0.2, 0.25) is 5.91 Å². The summed E-state index contributed by atoms with van der Waals surface area (Å²) in [6.45, 7) is 5.90. The van der Waals surface area contributed by atoms with E-state index in [9.17, 15) is 14.7 Å². The number of para-hydroxylation sites is 2. The lowest BCUT2D eigenvalue weighted by Crippen LogP contribution is -2.29. The van der Waals surface area contributed by atoms with Gasteiger partial charge in [0, 0.05) is 11.1 Å². The molecule has 200 valence electrons. The van der Waals surface area contributed by atoms with E-state index in [0.29, 0.717) is 41.2 Å². The molecule has 0 heterocycles. The number of anilines is 3. The van der Waals surface area contributed by atoms with Gasteiger partial charge in [-0.3, -0.25) is 10.1 Å². The quantitative estimate of drug-likeness (QED) is 0.178. The molecule has 0 aliphatic rings. The number of amides is 2. The van der Waals surface area contributed by atoms with Gasteiger partial charge < -0.3 is 25.6 Å². The van der Waals surface area contributed by atoms with Crippen molar-refractivity contribution in [2.45, 2.75) is 39.7 Å². The summed E-state index contributed by atoms with van der Waals surface area (Å²) in [4.78, 5) is 25.2. The summed E-state index contributed by atoms with van der Waals surface area (Å²) in [5.41, 5.74) is 8.67. The Morgan fingerprint density at radius 1 is 1.05 bits per heavy atom. The summed E-state index contributed by atoms with van der Waals surface area (Å²) < 4.78 is 11.1. The van der Waals surface area contributed by atoms with Crippen molar-refractivity contribution in [3.63, 3.8) is 0 Å². The van der Waals surface area contributed by atoms with E-state index in [4.69, 9.17) is 15.2 Å². The first kappa shape index (κ1) is 28.1. The number of carbonyl (C=O) groups excluding carboxylic acids is 2. The fourth-order valence-corrected chi connectivity index (χ4v) is 4.00. The number of carbonyl (C=O) groups is 2. The van der Waals surface area contributed by atoms with E-state index in [1.165, 1.54) is 19.3 Å². The van der Waals surface area contributed by atoms with E-state index in [-0.39, 0.29) is 11.7 Å². The van der Waals surface area contributed by atoms with Crippen LogP contribution >= 0.6 is 0 Å². The average molecular weight is 518 g/mol. The zero-order valence-corrected chi connectivity index (χ0v) is 22.2. The first-order valence-corrected chi connectivity index (χ1v) is 12.3. The second-order valence-electron chi connectivity index (χ2n) is 9.71. The summed E-state index contributed by atoms with van der Waals surface area (Å²) in [7, 11) is 1.47. The highest BCUT2D eigenvalue weighted by atomic mass is 16.6. The number of aryl methyl sites for hydroxylation is 1. The summed E-state index contributed by atoms with van der Waals surface area (Å²) in [6.07, 6.45) is 3.05. The van der Waals surface area contributed by atoms with Crippen LogP contribution in [0.1, 0.15) is 43.9 Å². The zero-order chi connectivity index (χ0) is 27.7. The molecule has 0 bridgehead atoms. The van der Waals surface area contributed by atoms with Crippen LogP contribution in [0.2, 0.25) is 0 Å². The lowest BCUT2D eigenvalue weighted by atomic mass is 9.78. The molecule has 1 atom stereocenters. The minimum atomic E-state index is -0.698. The molecule has 0 aliphatic heterocycles. The molecule has 0 saturated carbocycles. The number of rotatable bonds is 10. The number of aromatic hydroxyl groups is 1. The molecule has 5 N–H and O–H groups in total. The van der Waals surface area contributed by atoms with Crippen molar-refractivity contribution in [1.29, 1.82) is 0 Å². The Balaban J connectivity index is 1.72. The lowest BCUT2D eigenvalue weighted by Gasteiger charge is -2.34. The Kier molecular flexibility index (Phi) is 9.38. The van der Waals surface area contributed by atoms with Gasteiger partial charge in [0.25, 0.3) is 0 Å². The van der Waals surface area contributed by atoms with Crippen LogP contribution in [0.5, 0.6) is 11.5 Å². The number of allylic oxidation sites excluding steroid dienone is 1. The van der Waals surface area contributed by atoms with E-state index >= 15 is 0 Å². The van der Waals surface area contributed by atoms with Gasteiger partial charge in [-0.25, -0.2) is 4.79 Å². The van der Waals surface area contributed by atoms with Gasteiger partial charge in [-0.15, -0.1) is 0 Å². The van der Waals surface area contributed by atoms with Gasteiger partial charge >= 0.3 is 6.09 Å². The predicted octanol–water partition coefficient (Wildman–Crippen LogP) is 6.58. The number of nitrogens with two attached hydrogens (primary N) is 1. The van der Waals surface area contributed by atoms with Crippen LogP contribution < -0.4 is 21.1 Å². The maximum Gasteiger partial charge on any atom is 0.412 e. The van der Waals surface area contributed by atoms with Crippen molar-refractivity contribution >= 4 is 29.1 Å². The van der Waals surface area contributed by atoms with Crippen molar-refractivity contribution in [1.82, 2.24) is 0 Å². The topological polar surface area (TPSA) is 123 Å². The molecule has 38 heavy (non-hydrogen) atoms. The molecule has 0 aliphatic carbocycles. The van der Waals surface area contributed by atoms with Gasteiger partial charge in [0.05, 0.1) is 18.5 Å². The number of methoxy groups -OCH3 is 1. The maximum absolute atomic E-state index is 12.9. The van der Waals surface area contributed by atoms with Crippen molar-refractivity contribution in [2.75, 3.05) is 23.5 Å². The maximum atomic E-state index is 12.9. The molecule has 3 aromatic carbocycles. The Labute approximate surface area is 223 Å². The summed E-state index contributed by atoms with van der Waals surface area (Å²) in [5.74, 6) is -0.0152. The normalized spacial score (nSPS) is 12.1. The van der Waals surface area contributed by atoms with Crippen molar-refractivity contribution in [3.05, 3.63) is 90.0 Å². The van der Waals surface area contributed by atoms with Gasteiger partial charge in [0.15, 0.2) is 11.5 Å². The highest BCUT2D eigenvalue weighted by Gasteiger charge is 2.34. The van der Waals surface area contributed by atoms with Crippen molar-refractivity contribution in [3.8, 4) is 11.5 Å². The van der Waals surface area contributed by atoms with Gasteiger partial charge in [-0.05, 0) is 67.8 Å². The number of phenolic OH excluding ortho intramolecular Hbond substituents is 1. The van der Waals surface area contributed by atoms with E-state index in [2.05, 4.69) is 10.6 Å². The Hall–Kier alpha value is -4.46. The summed E-state index contributed by atoms with van der Waals surface area (Å²) >= 11 is 0. The third kappa shape index (κ3) is 7.77. The highest BCUT2D eigenvalue weighted by molar-refractivity contribution is 6.01. The Morgan fingerprint density at radius 2 is 1.76 bits per heavy atom. The number of nitrogens with one attached hydrogen (secondary N) is 2. The van der Waals surface area contributed by atoms with Crippen LogP contribution in [0.3, 0.4) is 0 Å². The van der Waals surface area contributed by atoms with E-state index in [1.54, 1.807) is 54.6 Å². The third-order valence-electron chi connectivity index (χ3n) is 6.18. The third-order valence-corrected chi connectivity index (χ3v) is 6.18. The largest absolute Gasteiger partial charge is 0.504 e. The molecule has 3 rings (SSSR count). The molecular formula is C30H35N3O5. The van der Waals surface area contributed by atoms with Gasteiger partial charge in [-0.1, -0.05) is 55.8 Å². The van der Waals surface area contributed by atoms with Gasteiger partial charge in [-0.2, -0.15) is 0 Å². The smallest absolute Gasteiger partial charge is 0.412 e. The fourth-order valence-electron chi connectivity index (χ4n) is 4.00. The van der Waals surface area contributed by atoms with Crippen LogP contribution in [-0.4, -0.2) is 24.2 Å². The number of nitrogen functional groups attached to an aromatic ring is 1. The second kappa shape index (κ2) is 12.7. The Morgan fingerprint density at radius 3 is 2.42 bits per heavy atom. The Bertz CT molecular complexity index is 1290. The lowest BCUT2D eigenvalue weighted by molar-refractivity contribution is -0.111. The average Bonchev–Trinajstić information content (AvgIpc) is 2.88. The number of hydrogen-bond acceptors (Lipinski definition) is 6. The van der Waals surface area contributed by atoms with Crippen LogP contribution in [0.25, 0.3) is 0 Å². The number of ether oxygens (including phenoxy) is 2. The molecule has 8 heteroatoms. The van der Waals surface area contributed by atoms with Gasteiger partial charge in [0.1, 0.15) is 6.10 Å². The molecule has 0 saturated heterocycles. The van der Waals surface area contributed by atoms with E-state index in [0.717, 1.165) is 5.56 Å². The molecule has 0 radical (unpaired) electrons. The second-order valence-corrected chi connectivity index (χ2v) is 9.71. The molecular weight excluding hydrogens is 482 g/mol. The highest BCUT2D eigenvalue weighted by Crippen LogP contribution is 2.43. The first-order valence-electron chi connectivity index (χ1n) is 12.3. The number of phenols is 1. The van der Waals surface area contributed by atoms with E-state index in [1.807, 2.05) is 32.9 Å². The minimum Gasteiger partial charge on any atom is -0.504 e. The first-order chi connectivity index (χ1) is 18.1. The molecule has 8 nitrogen and oxygen atoms in total. The van der Waals surface area contributed by atoms with Crippen LogP contribution in [0.4, 0.5) is 21.9 Å². The predicted molar refractivity (Wildman–Crippen MR) is 150 cm³/mol. The molecule has 0 fully saturated rings. The molecule has 0 aromatic heterocycles. The molecule has 3 aromatic rings. The monoisotopic (exact) mass is 517 g/mol.